The first kappa shape index (κ1) is 26.4. The van der Waals surface area contributed by atoms with Crippen LogP contribution in [0, 0.1) is 0 Å². The van der Waals surface area contributed by atoms with Gasteiger partial charge in [0.2, 0.25) is 5.91 Å². The van der Waals surface area contributed by atoms with E-state index < -0.39 is 0 Å². The number of rotatable bonds is 15. The number of carbonyl (C=O) groups excluding carboxylic acids is 2. The molecule has 33 heavy (non-hydrogen) atoms. The number of carbonyl (C=O) groups is 2. The summed E-state index contributed by atoms with van der Waals surface area (Å²) in [5.74, 6) is 0.613. The second-order valence-electron chi connectivity index (χ2n) is 8.63. The Morgan fingerprint density at radius 1 is 1.12 bits per heavy atom. The molecule has 1 amide bonds. The van der Waals surface area contributed by atoms with E-state index in [1.165, 1.54) is 12.5 Å². The summed E-state index contributed by atoms with van der Waals surface area (Å²) in [7, 11) is 0. The van der Waals surface area contributed by atoms with Gasteiger partial charge in [0.25, 0.3) is 0 Å². The van der Waals surface area contributed by atoms with Crippen molar-refractivity contribution in [3.8, 4) is 11.5 Å². The Balaban J connectivity index is 1.62. The molecule has 1 atom stereocenters. The first-order valence-corrected chi connectivity index (χ1v) is 12.1. The van der Waals surface area contributed by atoms with Crippen molar-refractivity contribution in [1.29, 1.82) is 0 Å². The molecule has 0 radical (unpaired) electrons. The second-order valence-corrected chi connectivity index (χ2v) is 8.63. The SMILES string of the molecule is CCCc1c(OCCCCCC(=O)NC(C)CCCc2cccnc2)ccc(C(C)=O)c1O. The van der Waals surface area contributed by atoms with Gasteiger partial charge in [0.05, 0.1) is 12.2 Å². The highest BCUT2D eigenvalue weighted by molar-refractivity contribution is 5.97. The van der Waals surface area contributed by atoms with Gasteiger partial charge in [-0.3, -0.25) is 14.6 Å². The van der Waals surface area contributed by atoms with Gasteiger partial charge in [0.15, 0.2) is 5.78 Å². The Hall–Kier alpha value is -2.89. The molecule has 180 valence electrons. The van der Waals surface area contributed by atoms with Crippen LogP contribution in [0.3, 0.4) is 0 Å². The van der Waals surface area contributed by atoms with Crippen molar-refractivity contribution in [2.24, 2.45) is 0 Å². The lowest BCUT2D eigenvalue weighted by molar-refractivity contribution is -0.121. The monoisotopic (exact) mass is 454 g/mol. The minimum absolute atomic E-state index is 0.0353. The average Bonchev–Trinajstić information content (AvgIpc) is 2.78. The molecule has 2 aromatic rings. The van der Waals surface area contributed by atoms with Gasteiger partial charge in [0.1, 0.15) is 11.5 Å². The number of aryl methyl sites for hydroxylation is 1. The standard InChI is InChI=1S/C27H38N2O4/c1-4-10-24-25(16-15-23(21(3)30)27(24)32)33-18-7-5-6-14-26(31)29-20(2)11-8-12-22-13-9-17-28-19-22/h9,13,15-17,19-20,32H,4-8,10-12,14,18H2,1-3H3,(H,29,31). The van der Waals surface area contributed by atoms with E-state index in [-0.39, 0.29) is 23.5 Å². The Bertz CT molecular complexity index is 883. The minimum Gasteiger partial charge on any atom is -0.507 e. The predicted molar refractivity (Wildman–Crippen MR) is 131 cm³/mol. The number of unbranched alkanes of at least 4 members (excludes halogenated alkanes) is 2. The molecule has 1 aromatic heterocycles. The molecular formula is C27H38N2O4. The van der Waals surface area contributed by atoms with E-state index in [2.05, 4.69) is 23.3 Å². The topological polar surface area (TPSA) is 88.5 Å². The molecule has 2 rings (SSSR count). The zero-order valence-corrected chi connectivity index (χ0v) is 20.2. The fourth-order valence-electron chi connectivity index (χ4n) is 3.85. The van der Waals surface area contributed by atoms with Gasteiger partial charge in [-0.2, -0.15) is 0 Å². The molecule has 0 fully saturated rings. The molecule has 0 bridgehead atoms. The maximum Gasteiger partial charge on any atom is 0.220 e. The van der Waals surface area contributed by atoms with E-state index in [0.717, 1.165) is 44.9 Å². The number of ether oxygens (including phenoxy) is 1. The molecule has 0 aliphatic heterocycles. The Morgan fingerprint density at radius 2 is 1.94 bits per heavy atom. The number of nitrogens with zero attached hydrogens (tertiary/aromatic N) is 1. The van der Waals surface area contributed by atoms with Gasteiger partial charge in [-0.05, 0) is 82.6 Å². The molecule has 6 heteroatoms. The third kappa shape index (κ3) is 9.24. The summed E-state index contributed by atoms with van der Waals surface area (Å²) >= 11 is 0. The van der Waals surface area contributed by atoms with E-state index in [1.807, 2.05) is 19.2 Å². The summed E-state index contributed by atoms with van der Waals surface area (Å²) in [5, 5.41) is 13.5. The van der Waals surface area contributed by atoms with Gasteiger partial charge in [0, 0.05) is 30.4 Å². The predicted octanol–water partition coefficient (Wildman–Crippen LogP) is 5.41. The van der Waals surface area contributed by atoms with Gasteiger partial charge in [-0.15, -0.1) is 0 Å². The summed E-state index contributed by atoms with van der Waals surface area (Å²) in [5.41, 5.74) is 2.26. The number of ketones is 1. The summed E-state index contributed by atoms with van der Waals surface area (Å²) in [6.45, 7) is 6.04. The first-order chi connectivity index (χ1) is 15.9. The van der Waals surface area contributed by atoms with Crippen molar-refractivity contribution in [1.82, 2.24) is 10.3 Å². The fourth-order valence-corrected chi connectivity index (χ4v) is 3.85. The van der Waals surface area contributed by atoms with E-state index in [9.17, 15) is 14.7 Å². The Kier molecular flexibility index (Phi) is 11.4. The zero-order chi connectivity index (χ0) is 24.1. The van der Waals surface area contributed by atoms with E-state index in [1.54, 1.807) is 18.3 Å². The van der Waals surface area contributed by atoms with Crippen molar-refractivity contribution < 1.29 is 19.4 Å². The fraction of sp³-hybridized carbons (Fsp3) is 0.519. The smallest absolute Gasteiger partial charge is 0.220 e. The molecule has 0 saturated heterocycles. The normalized spacial score (nSPS) is 11.7. The van der Waals surface area contributed by atoms with E-state index in [0.29, 0.717) is 36.3 Å². The highest BCUT2D eigenvalue weighted by Gasteiger charge is 2.15. The van der Waals surface area contributed by atoms with Crippen molar-refractivity contribution in [3.05, 3.63) is 53.3 Å². The number of aromatic hydroxyl groups is 1. The maximum absolute atomic E-state index is 12.2. The molecule has 1 heterocycles. The number of hydrogen-bond acceptors (Lipinski definition) is 5. The summed E-state index contributed by atoms with van der Waals surface area (Å²) in [6, 6.07) is 7.58. The quantitative estimate of drug-likeness (QED) is 0.277. The van der Waals surface area contributed by atoms with Crippen molar-refractivity contribution in [2.75, 3.05) is 6.61 Å². The number of amides is 1. The number of aromatic nitrogens is 1. The minimum atomic E-state index is -0.155. The second kappa shape index (κ2) is 14.3. The third-order valence-corrected chi connectivity index (χ3v) is 5.66. The number of phenols is 1. The molecule has 2 N–H and O–H groups in total. The van der Waals surface area contributed by atoms with Gasteiger partial charge in [-0.25, -0.2) is 0 Å². The van der Waals surface area contributed by atoms with Crippen molar-refractivity contribution >= 4 is 11.7 Å². The van der Waals surface area contributed by atoms with Crippen molar-refractivity contribution in [3.63, 3.8) is 0 Å². The van der Waals surface area contributed by atoms with Crippen LogP contribution < -0.4 is 10.1 Å². The number of benzene rings is 1. The molecule has 6 nitrogen and oxygen atoms in total. The average molecular weight is 455 g/mol. The summed E-state index contributed by atoms with van der Waals surface area (Å²) in [4.78, 5) is 28.0. The molecule has 1 unspecified atom stereocenters. The largest absolute Gasteiger partial charge is 0.507 e. The third-order valence-electron chi connectivity index (χ3n) is 5.66. The number of phenolic OH excluding ortho intramolecular Hbond substituents is 1. The van der Waals surface area contributed by atoms with Crippen LogP contribution >= 0.6 is 0 Å². The molecule has 0 saturated carbocycles. The lowest BCUT2D eigenvalue weighted by Crippen LogP contribution is -2.32. The number of nitrogens with one attached hydrogen (secondary N) is 1. The van der Waals surface area contributed by atoms with Crippen LogP contribution in [-0.4, -0.2) is 34.4 Å². The highest BCUT2D eigenvalue weighted by atomic mass is 16.5. The van der Waals surface area contributed by atoms with Crippen LogP contribution in [0.25, 0.3) is 0 Å². The summed E-state index contributed by atoms with van der Waals surface area (Å²) < 4.78 is 5.88. The van der Waals surface area contributed by atoms with Gasteiger partial charge >= 0.3 is 0 Å². The van der Waals surface area contributed by atoms with E-state index >= 15 is 0 Å². The number of pyridine rings is 1. The van der Waals surface area contributed by atoms with E-state index in [4.69, 9.17) is 4.74 Å². The van der Waals surface area contributed by atoms with Crippen LogP contribution in [0.15, 0.2) is 36.7 Å². The molecular weight excluding hydrogens is 416 g/mol. The first-order valence-electron chi connectivity index (χ1n) is 12.1. The van der Waals surface area contributed by atoms with Crippen LogP contribution in [0.5, 0.6) is 11.5 Å². The number of Topliss-reactive ketones (excluding diaryl/α,β-unsaturated/α-hetero) is 1. The molecule has 1 aromatic carbocycles. The van der Waals surface area contributed by atoms with Crippen molar-refractivity contribution in [2.45, 2.75) is 84.6 Å². The Labute approximate surface area is 197 Å². The molecule has 0 aliphatic carbocycles. The zero-order valence-electron chi connectivity index (χ0n) is 20.2. The van der Waals surface area contributed by atoms with Crippen LogP contribution in [0.2, 0.25) is 0 Å². The summed E-state index contributed by atoms with van der Waals surface area (Å²) in [6.07, 6.45) is 11.2. The Morgan fingerprint density at radius 3 is 2.64 bits per heavy atom. The van der Waals surface area contributed by atoms with Crippen LogP contribution in [0.1, 0.15) is 87.2 Å². The van der Waals surface area contributed by atoms with Crippen LogP contribution in [-0.2, 0) is 17.6 Å². The lowest BCUT2D eigenvalue weighted by Gasteiger charge is -2.15. The molecule has 0 spiro atoms. The molecule has 0 aliphatic rings. The van der Waals surface area contributed by atoms with Gasteiger partial charge in [-0.1, -0.05) is 19.4 Å². The maximum atomic E-state index is 12.2. The number of hydrogen-bond donors (Lipinski definition) is 2. The lowest BCUT2D eigenvalue weighted by atomic mass is 10.0. The van der Waals surface area contributed by atoms with Crippen LogP contribution in [0.4, 0.5) is 0 Å². The van der Waals surface area contributed by atoms with Gasteiger partial charge < -0.3 is 15.2 Å². The highest BCUT2D eigenvalue weighted by Crippen LogP contribution is 2.33.